The second-order valence-corrected chi connectivity index (χ2v) is 5.53. The molecule has 25 heavy (non-hydrogen) atoms. The van der Waals surface area contributed by atoms with Gasteiger partial charge in [-0.2, -0.15) is 0 Å². The van der Waals surface area contributed by atoms with Crippen LogP contribution in [-0.4, -0.2) is 5.91 Å². The third-order valence-corrected chi connectivity index (χ3v) is 3.60. The lowest BCUT2D eigenvalue weighted by atomic mass is 10.2. The lowest BCUT2D eigenvalue weighted by Gasteiger charge is -2.07. The molecule has 0 saturated carbocycles. The molecule has 0 radical (unpaired) electrons. The van der Waals surface area contributed by atoms with Gasteiger partial charge in [-0.15, -0.1) is 0 Å². The van der Waals surface area contributed by atoms with Gasteiger partial charge in [-0.05, 0) is 41.5 Å². The minimum Gasteiger partial charge on any atom is -0.489 e. The normalized spacial score (nSPS) is 10.6. The zero-order valence-corrected chi connectivity index (χ0v) is 13.8. The Morgan fingerprint density at radius 1 is 0.840 bits per heavy atom. The fraction of sp³-hybridized carbons (Fsp3) is 0.0455. The van der Waals surface area contributed by atoms with E-state index in [2.05, 4.69) is 5.32 Å². The molecule has 0 bridgehead atoms. The molecule has 3 aromatic rings. The summed E-state index contributed by atoms with van der Waals surface area (Å²) in [4.78, 5) is 12.0. The molecule has 0 fully saturated rings. The number of benzene rings is 3. The minimum atomic E-state index is -0.165. The van der Waals surface area contributed by atoms with Crippen molar-refractivity contribution in [2.75, 3.05) is 5.32 Å². The van der Waals surface area contributed by atoms with Gasteiger partial charge >= 0.3 is 0 Å². The largest absolute Gasteiger partial charge is 0.489 e. The Bertz CT molecular complexity index is 825. The maximum absolute atomic E-state index is 12.0. The van der Waals surface area contributed by atoms with Gasteiger partial charge in [-0.3, -0.25) is 4.79 Å². The highest BCUT2D eigenvalue weighted by atomic mass is 16.5. The SMILES string of the molecule is O=C(/C=C/c1ccccc1)Nc1ccc(OCc2ccccc2)cc1. The molecular weight excluding hydrogens is 310 g/mol. The van der Waals surface area contributed by atoms with Crippen molar-refractivity contribution < 1.29 is 9.53 Å². The molecular formula is C22H19NO2. The van der Waals surface area contributed by atoms with Gasteiger partial charge in [0, 0.05) is 11.8 Å². The van der Waals surface area contributed by atoms with E-state index in [4.69, 9.17) is 4.74 Å². The Morgan fingerprint density at radius 3 is 2.16 bits per heavy atom. The van der Waals surface area contributed by atoms with E-state index in [0.717, 1.165) is 22.6 Å². The first kappa shape index (κ1) is 16.5. The fourth-order valence-corrected chi connectivity index (χ4v) is 2.30. The number of carbonyl (C=O) groups is 1. The monoisotopic (exact) mass is 329 g/mol. The van der Waals surface area contributed by atoms with Gasteiger partial charge < -0.3 is 10.1 Å². The molecule has 0 heterocycles. The van der Waals surface area contributed by atoms with Gasteiger partial charge in [0.25, 0.3) is 0 Å². The average Bonchev–Trinajstić information content (AvgIpc) is 2.67. The lowest BCUT2D eigenvalue weighted by molar-refractivity contribution is -0.111. The van der Waals surface area contributed by atoms with Crippen LogP contribution in [-0.2, 0) is 11.4 Å². The van der Waals surface area contributed by atoms with Gasteiger partial charge in [-0.1, -0.05) is 60.7 Å². The number of rotatable bonds is 6. The van der Waals surface area contributed by atoms with Crippen LogP contribution in [0.3, 0.4) is 0 Å². The van der Waals surface area contributed by atoms with Crippen molar-refractivity contribution in [2.45, 2.75) is 6.61 Å². The van der Waals surface area contributed by atoms with Gasteiger partial charge in [0.15, 0.2) is 0 Å². The Hall–Kier alpha value is -3.33. The summed E-state index contributed by atoms with van der Waals surface area (Å²) in [6.07, 6.45) is 3.31. The second-order valence-electron chi connectivity index (χ2n) is 5.53. The number of hydrogen-bond donors (Lipinski definition) is 1. The van der Waals surface area contributed by atoms with Crippen LogP contribution in [0.25, 0.3) is 6.08 Å². The van der Waals surface area contributed by atoms with E-state index in [1.165, 1.54) is 6.08 Å². The van der Waals surface area contributed by atoms with Crippen molar-refractivity contribution in [2.24, 2.45) is 0 Å². The van der Waals surface area contributed by atoms with Gasteiger partial charge in [-0.25, -0.2) is 0 Å². The number of nitrogens with one attached hydrogen (secondary N) is 1. The molecule has 0 atom stereocenters. The van der Waals surface area contributed by atoms with Crippen molar-refractivity contribution in [1.29, 1.82) is 0 Å². The quantitative estimate of drug-likeness (QED) is 0.652. The molecule has 3 rings (SSSR count). The van der Waals surface area contributed by atoms with E-state index in [1.807, 2.05) is 84.9 Å². The highest BCUT2D eigenvalue weighted by Crippen LogP contribution is 2.17. The number of hydrogen-bond acceptors (Lipinski definition) is 2. The highest BCUT2D eigenvalue weighted by molar-refractivity contribution is 6.01. The van der Waals surface area contributed by atoms with E-state index < -0.39 is 0 Å². The highest BCUT2D eigenvalue weighted by Gasteiger charge is 2.00. The summed E-state index contributed by atoms with van der Waals surface area (Å²) in [6, 6.07) is 27.1. The standard InChI is InChI=1S/C22H19NO2/c24-22(16-11-18-7-3-1-4-8-18)23-20-12-14-21(15-13-20)25-17-19-9-5-2-6-10-19/h1-16H,17H2,(H,23,24)/b16-11+. The zero-order valence-electron chi connectivity index (χ0n) is 13.8. The van der Waals surface area contributed by atoms with Crippen LogP contribution < -0.4 is 10.1 Å². The second kappa shape index (κ2) is 8.50. The Labute approximate surface area is 147 Å². The van der Waals surface area contributed by atoms with E-state index in [9.17, 15) is 4.79 Å². The molecule has 3 aromatic carbocycles. The third-order valence-electron chi connectivity index (χ3n) is 3.60. The predicted molar refractivity (Wildman–Crippen MR) is 101 cm³/mol. The summed E-state index contributed by atoms with van der Waals surface area (Å²) in [5, 5.41) is 2.83. The molecule has 0 saturated heterocycles. The third kappa shape index (κ3) is 5.36. The van der Waals surface area contributed by atoms with Crippen molar-refractivity contribution in [3.8, 4) is 5.75 Å². The number of anilines is 1. The van der Waals surface area contributed by atoms with E-state index in [0.29, 0.717) is 6.61 Å². The lowest BCUT2D eigenvalue weighted by Crippen LogP contribution is -2.07. The molecule has 3 nitrogen and oxygen atoms in total. The van der Waals surface area contributed by atoms with Crippen molar-refractivity contribution in [3.05, 3.63) is 102 Å². The van der Waals surface area contributed by atoms with Crippen molar-refractivity contribution >= 4 is 17.7 Å². The minimum absolute atomic E-state index is 0.165. The van der Waals surface area contributed by atoms with E-state index in [1.54, 1.807) is 6.08 Å². The summed E-state index contributed by atoms with van der Waals surface area (Å²) in [5.74, 6) is 0.600. The van der Waals surface area contributed by atoms with E-state index in [-0.39, 0.29) is 5.91 Å². The fourth-order valence-electron chi connectivity index (χ4n) is 2.30. The van der Waals surface area contributed by atoms with Crippen molar-refractivity contribution in [1.82, 2.24) is 0 Å². The molecule has 124 valence electrons. The van der Waals surface area contributed by atoms with Crippen LogP contribution in [0.5, 0.6) is 5.75 Å². The predicted octanol–water partition coefficient (Wildman–Crippen LogP) is 4.92. The number of ether oxygens (including phenoxy) is 1. The molecule has 0 aliphatic heterocycles. The summed E-state index contributed by atoms with van der Waals surface area (Å²) in [5.41, 5.74) is 2.84. The Balaban J connectivity index is 1.52. The van der Waals surface area contributed by atoms with Crippen LogP contribution in [0.4, 0.5) is 5.69 Å². The van der Waals surface area contributed by atoms with Gasteiger partial charge in [0.1, 0.15) is 12.4 Å². The number of amides is 1. The van der Waals surface area contributed by atoms with Crippen molar-refractivity contribution in [3.63, 3.8) is 0 Å². The Morgan fingerprint density at radius 2 is 1.48 bits per heavy atom. The van der Waals surface area contributed by atoms with Crippen LogP contribution in [0.1, 0.15) is 11.1 Å². The molecule has 0 aromatic heterocycles. The maximum atomic E-state index is 12.0. The van der Waals surface area contributed by atoms with Crippen LogP contribution in [0.2, 0.25) is 0 Å². The van der Waals surface area contributed by atoms with Crippen LogP contribution in [0.15, 0.2) is 91.0 Å². The molecule has 1 N–H and O–H groups in total. The van der Waals surface area contributed by atoms with E-state index >= 15 is 0 Å². The summed E-state index contributed by atoms with van der Waals surface area (Å²) in [7, 11) is 0. The molecule has 0 aliphatic carbocycles. The molecule has 0 unspecified atom stereocenters. The summed E-state index contributed by atoms with van der Waals surface area (Å²) < 4.78 is 5.73. The molecule has 0 spiro atoms. The van der Waals surface area contributed by atoms with Crippen LogP contribution >= 0.6 is 0 Å². The van der Waals surface area contributed by atoms with Gasteiger partial charge in [0.2, 0.25) is 5.91 Å². The zero-order chi connectivity index (χ0) is 17.3. The first-order chi connectivity index (χ1) is 12.3. The smallest absolute Gasteiger partial charge is 0.248 e. The summed E-state index contributed by atoms with van der Waals surface area (Å²) in [6.45, 7) is 0.520. The molecule has 0 aliphatic rings. The van der Waals surface area contributed by atoms with Gasteiger partial charge in [0.05, 0.1) is 0 Å². The maximum Gasteiger partial charge on any atom is 0.248 e. The molecule has 1 amide bonds. The number of carbonyl (C=O) groups excluding carboxylic acids is 1. The Kier molecular flexibility index (Phi) is 5.62. The first-order valence-electron chi connectivity index (χ1n) is 8.10. The topological polar surface area (TPSA) is 38.3 Å². The summed E-state index contributed by atoms with van der Waals surface area (Å²) >= 11 is 0. The molecule has 3 heteroatoms. The van der Waals surface area contributed by atoms with Crippen LogP contribution in [0, 0.1) is 0 Å². The average molecular weight is 329 g/mol. The first-order valence-corrected chi connectivity index (χ1v) is 8.10.